The molecule has 0 radical (unpaired) electrons. The van der Waals surface area contributed by atoms with Gasteiger partial charge in [-0.15, -0.1) is 0 Å². The van der Waals surface area contributed by atoms with E-state index in [1.807, 2.05) is 0 Å². The summed E-state index contributed by atoms with van der Waals surface area (Å²) in [5.74, 6) is -0.473. The van der Waals surface area contributed by atoms with Crippen molar-refractivity contribution in [3.8, 4) is 5.75 Å². The SMILES string of the molecule is CNC(=O)C1CC(=O)N(c2ccc(OCC(=O)Nc3ccc(Cl)c(Cl)c3)cc2)C1. The van der Waals surface area contributed by atoms with Gasteiger partial charge in [0.05, 0.1) is 16.0 Å². The average Bonchev–Trinajstić information content (AvgIpc) is 3.10. The first-order valence-electron chi connectivity index (χ1n) is 8.87. The summed E-state index contributed by atoms with van der Waals surface area (Å²) in [5, 5.41) is 5.98. The topological polar surface area (TPSA) is 87.7 Å². The van der Waals surface area contributed by atoms with Gasteiger partial charge in [0.25, 0.3) is 5.91 Å². The molecule has 3 amide bonds. The maximum Gasteiger partial charge on any atom is 0.262 e. The third-order valence-corrected chi connectivity index (χ3v) is 5.20. The summed E-state index contributed by atoms with van der Waals surface area (Å²) >= 11 is 11.8. The van der Waals surface area contributed by atoms with Gasteiger partial charge in [-0.2, -0.15) is 0 Å². The molecule has 3 rings (SSSR count). The van der Waals surface area contributed by atoms with Crippen molar-refractivity contribution in [3.63, 3.8) is 0 Å². The standard InChI is InChI=1S/C20H19Cl2N3O4/c1-23-20(28)12-8-19(27)25(10-12)14-3-5-15(6-4-14)29-11-18(26)24-13-2-7-16(21)17(22)9-13/h2-7,9,12H,8,10-11H2,1H3,(H,23,28)(H,24,26). The molecule has 1 aliphatic heterocycles. The van der Waals surface area contributed by atoms with Crippen LogP contribution >= 0.6 is 23.2 Å². The van der Waals surface area contributed by atoms with Crippen LogP contribution in [0.5, 0.6) is 5.75 Å². The smallest absolute Gasteiger partial charge is 0.262 e. The van der Waals surface area contributed by atoms with Crippen molar-refractivity contribution in [1.29, 1.82) is 0 Å². The lowest BCUT2D eigenvalue weighted by Gasteiger charge is -2.17. The highest BCUT2D eigenvalue weighted by Gasteiger charge is 2.34. The van der Waals surface area contributed by atoms with Crippen molar-refractivity contribution in [3.05, 3.63) is 52.5 Å². The van der Waals surface area contributed by atoms with Crippen molar-refractivity contribution in [2.24, 2.45) is 5.92 Å². The first-order valence-corrected chi connectivity index (χ1v) is 9.62. The van der Waals surface area contributed by atoms with E-state index in [0.29, 0.717) is 33.7 Å². The monoisotopic (exact) mass is 435 g/mol. The van der Waals surface area contributed by atoms with E-state index in [4.69, 9.17) is 27.9 Å². The molecule has 2 N–H and O–H groups in total. The van der Waals surface area contributed by atoms with Gasteiger partial charge in [0.2, 0.25) is 11.8 Å². The summed E-state index contributed by atoms with van der Waals surface area (Å²) in [7, 11) is 1.55. The van der Waals surface area contributed by atoms with Gasteiger partial charge in [-0.25, -0.2) is 0 Å². The minimum atomic E-state index is -0.353. The van der Waals surface area contributed by atoms with Crippen LogP contribution in [-0.4, -0.2) is 37.9 Å². The van der Waals surface area contributed by atoms with E-state index < -0.39 is 0 Å². The van der Waals surface area contributed by atoms with E-state index in [0.717, 1.165) is 0 Å². The Hall–Kier alpha value is -2.77. The molecule has 2 aromatic carbocycles. The molecule has 1 unspecified atom stereocenters. The molecule has 1 saturated heterocycles. The molecular formula is C20H19Cl2N3O4. The molecule has 0 spiro atoms. The Balaban J connectivity index is 1.54. The van der Waals surface area contributed by atoms with Crippen LogP contribution in [-0.2, 0) is 14.4 Å². The zero-order valence-electron chi connectivity index (χ0n) is 15.6. The molecule has 2 aromatic rings. The van der Waals surface area contributed by atoms with Crippen LogP contribution in [0.25, 0.3) is 0 Å². The van der Waals surface area contributed by atoms with Gasteiger partial charge in [-0.1, -0.05) is 23.2 Å². The summed E-state index contributed by atoms with van der Waals surface area (Å²) in [4.78, 5) is 37.5. The van der Waals surface area contributed by atoms with Crippen molar-refractivity contribution in [2.45, 2.75) is 6.42 Å². The van der Waals surface area contributed by atoms with E-state index in [1.54, 1.807) is 54.4 Å². The fraction of sp³-hybridized carbons (Fsp3) is 0.250. The number of nitrogens with zero attached hydrogens (tertiary/aromatic N) is 1. The zero-order valence-corrected chi connectivity index (χ0v) is 17.1. The molecular weight excluding hydrogens is 417 g/mol. The van der Waals surface area contributed by atoms with Crippen LogP contribution < -0.4 is 20.3 Å². The predicted octanol–water partition coefficient (Wildman–Crippen LogP) is 3.11. The van der Waals surface area contributed by atoms with Gasteiger partial charge < -0.3 is 20.3 Å². The number of amides is 3. The lowest BCUT2D eigenvalue weighted by atomic mass is 10.1. The molecule has 0 bridgehead atoms. The number of carbonyl (C=O) groups is 3. The molecule has 29 heavy (non-hydrogen) atoms. The second-order valence-electron chi connectivity index (χ2n) is 6.48. The highest BCUT2D eigenvalue weighted by molar-refractivity contribution is 6.42. The Morgan fingerprint density at radius 1 is 1.14 bits per heavy atom. The normalized spacial score (nSPS) is 15.9. The molecule has 152 valence electrons. The Labute approximate surface area is 177 Å². The summed E-state index contributed by atoms with van der Waals surface area (Å²) in [6, 6.07) is 11.6. The number of rotatable bonds is 6. The highest BCUT2D eigenvalue weighted by Crippen LogP contribution is 2.27. The number of halogens is 2. The minimum absolute atomic E-state index is 0.103. The first kappa shape index (κ1) is 21.0. The van der Waals surface area contributed by atoms with E-state index in [2.05, 4.69) is 10.6 Å². The Morgan fingerprint density at radius 3 is 2.52 bits per heavy atom. The molecule has 1 aliphatic rings. The van der Waals surface area contributed by atoms with Crippen LogP contribution in [0.15, 0.2) is 42.5 Å². The summed E-state index contributed by atoms with van der Waals surface area (Å²) < 4.78 is 5.48. The number of hydrogen-bond acceptors (Lipinski definition) is 4. The van der Waals surface area contributed by atoms with Crippen molar-refractivity contribution < 1.29 is 19.1 Å². The summed E-state index contributed by atoms with van der Waals surface area (Å²) in [5.41, 5.74) is 1.19. The summed E-state index contributed by atoms with van der Waals surface area (Å²) in [6.45, 7) is 0.145. The molecule has 0 saturated carbocycles. The predicted molar refractivity (Wildman–Crippen MR) is 112 cm³/mol. The third kappa shape index (κ3) is 5.19. The molecule has 9 heteroatoms. The Morgan fingerprint density at radius 2 is 1.86 bits per heavy atom. The zero-order chi connectivity index (χ0) is 21.0. The summed E-state index contributed by atoms with van der Waals surface area (Å²) in [6.07, 6.45) is 0.187. The highest BCUT2D eigenvalue weighted by atomic mass is 35.5. The molecule has 7 nitrogen and oxygen atoms in total. The van der Waals surface area contributed by atoms with E-state index >= 15 is 0 Å². The maximum absolute atomic E-state index is 12.2. The van der Waals surface area contributed by atoms with Gasteiger partial charge in [0.15, 0.2) is 6.61 Å². The largest absolute Gasteiger partial charge is 0.484 e. The van der Waals surface area contributed by atoms with Crippen LogP contribution in [0.4, 0.5) is 11.4 Å². The van der Waals surface area contributed by atoms with Gasteiger partial charge in [-0.05, 0) is 42.5 Å². The first-order chi connectivity index (χ1) is 13.9. The van der Waals surface area contributed by atoms with Crippen LogP contribution in [0, 0.1) is 5.92 Å². The lowest BCUT2D eigenvalue weighted by Crippen LogP contribution is -2.30. The van der Waals surface area contributed by atoms with Crippen LogP contribution in [0.2, 0.25) is 10.0 Å². The van der Waals surface area contributed by atoms with Crippen LogP contribution in [0.1, 0.15) is 6.42 Å². The molecule has 1 fully saturated rings. The number of ether oxygens (including phenoxy) is 1. The molecule has 1 atom stereocenters. The van der Waals surface area contributed by atoms with Crippen molar-refractivity contribution in [1.82, 2.24) is 5.32 Å². The third-order valence-electron chi connectivity index (χ3n) is 4.46. The van der Waals surface area contributed by atoms with E-state index in [-0.39, 0.29) is 36.7 Å². The number of nitrogens with one attached hydrogen (secondary N) is 2. The van der Waals surface area contributed by atoms with Crippen molar-refractivity contribution >= 4 is 52.3 Å². The second kappa shape index (κ2) is 9.15. The lowest BCUT2D eigenvalue weighted by molar-refractivity contribution is -0.125. The fourth-order valence-electron chi connectivity index (χ4n) is 2.98. The maximum atomic E-state index is 12.2. The average molecular weight is 436 g/mol. The quantitative estimate of drug-likeness (QED) is 0.729. The molecule has 0 aromatic heterocycles. The van der Waals surface area contributed by atoms with Crippen LogP contribution in [0.3, 0.4) is 0 Å². The van der Waals surface area contributed by atoms with Crippen molar-refractivity contribution in [2.75, 3.05) is 30.4 Å². The Bertz CT molecular complexity index is 934. The van der Waals surface area contributed by atoms with Gasteiger partial charge in [0.1, 0.15) is 5.75 Å². The number of carbonyl (C=O) groups excluding carboxylic acids is 3. The number of anilines is 2. The van der Waals surface area contributed by atoms with Gasteiger partial charge in [0, 0.05) is 31.4 Å². The molecule has 1 heterocycles. The van der Waals surface area contributed by atoms with Gasteiger partial charge >= 0.3 is 0 Å². The minimum Gasteiger partial charge on any atom is -0.484 e. The molecule has 0 aliphatic carbocycles. The van der Waals surface area contributed by atoms with Gasteiger partial charge in [-0.3, -0.25) is 14.4 Å². The van der Waals surface area contributed by atoms with E-state index in [1.165, 1.54) is 0 Å². The number of hydrogen-bond donors (Lipinski definition) is 2. The second-order valence-corrected chi connectivity index (χ2v) is 7.29. The fourth-order valence-corrected chi connectivity index (χ4v) is 3.28. The van der Waals surface area contributed by atoms with E-state index in [9.17, 15) is 14.4 Å². The Kier molecular flexibility index (Phi) is 6.61. The number of benzene rings is 2.